The zero-order chi connectivity index (χ0) is 11.8. The fourth-order valence-electron chi connectivity index (χ4n) is 2.01. The van der Waals surface area contributed by atoms with E-state index in [-0.39, 0.29) is 18.6 Å². The molecule has 1 unspecified atom stereocenters. The van der Waals surface area contributed by atoms with Gasteiger partial charge in [0.15, 0.2) is 0 Å². The summed E-state index contributed by atoms with van der Waals surface area (Å²) in [5, 5.41) is 12.5. The van der Waals surface area contributed by atoms with Gasteiger partial charge in [-0.2, -0.15) is 0 Å². The van der Waals surface area contributed by atoms with E-state index < -0.39 is 0 Å². The Morgan fingerprint density at radius 1 is 1.56 bits per heavy atom. The number of amides is 1. The lowest BCUT2D eigenvalue weighted by Gasteiger charge is -2.34. The van der Waals surface area contributed by atoms with Crippen molar-refractivity contribution in [1.82, 2.24) is 4.90 Å². The maximum absolute atomic E-state index is 11.8. The molecule has 6 nitrogen and oxygen atoms in total. The van der Waals surface area contributed by atoms with Crippen LogP contribution >= 0.6 is 0 Å². The van der Waals surface area contributed by atoms with Gasteiger partial charge >= 0.3 is 0 Å². The molecule has 16 heavy (non-hydrogen) atoms. The molecule has 6 heteroatoms. The number of carbonyl (C=O) groups excluding carboxylic acids is 1. The van der Waals surface area contributed by atoms with Gasteiger partial charge in [0.05, 0.1) is 12.6 Å². The molecule has 0 aromatic rings. The van der Waals surface area contributed by atoms with Crippen LogP contribution in [0.15, 0.2) is 5.11 Å². The zero-order valence-corrected chi connectivity index (χ0v) is 9.38. The van der Waals surface area contributed by atoms with Gasteiger partial charge in [0, 0.05) is 24.4 Å². The molecule has 1 N–H and O–H groups in total. The minimum absolute atomic E-state index is 0.0132. The summed E-state index contributed by atoms with van der Waals surface area (Å²) in [5.41, 5.74) is 8.09. The van der Waals surface area contributed by atoms with Crippen LogP contribution in [0.25, 0.3) is 10.4 Å². The van der Waals surface area contributed by atoms with Crippen molar-refractivity contribution in [3.05, 3.63) is 10.4 Å². The van der Waals surface area contributed by atoms with E-state index in [0.717, 1.165) is 25.8 Å². The van der Waals surface area contributed by atoms with Gasteiger partial charge in [-0.3, -0.25) is 4.79 Å². The second-order valence-electron chi connectivity index (χ2n) is 3.98. The number of aliphatic hydroxyl groups is 1. The topological polar surface area (TPSA) is 89.3 Å². The van der Waals surface area contributed by atoms with Crippen molar-refractivity contribution in [2.75, 3.05) is 19.7 Å². The third-order valence-corrected chi connectivity index (χ3v) is 2.87. The van der Waals surface area contributed by atoms with Gasteiger partial charge in [-0.25, -0.2) is 0 Å². The summed E-state index contributed by atoms with van der Waals surface area (Å²) in [6, 6.07) is -0.0132. The van der Waals surface area contributed by atoms with E-state index in [0.29, 0.717) is 19.4 Å². The van der Waals surface area contributed by atoms with Crippen LogP contribution in [0.3, 0.4) is 0 Å². The molecular weight excluding hydrogens is 208 g/mol. The van der Waals surface area contributed by atoms with Crippen molar-refractivity contribution in [3.8, 4) is 0 Å². The number of piperidine rings is 1. The second-order valence-corrected chi connectivity index (χ2v) is 3.98. The van der Waals surface area contributed by atoms with Crippen molar-refractivity contribution < 1.29 is 9.90 Å². The number of rotatable bonds is 5. The summed E-state index contributed by atoms with van der Waals surface area (Å²) < 4.78 is 0. The van der Waals surface area contributed by atoms with Gasteiger partial charge in [0.2, 0.25) is 5.91 Å². The third-order valence-electron chi connectivity index (χ3n) is 2.87. The molecule has 0 radical (unpaired) electrons. The summed E-state index contributed by atoms with van der Waals surface area (Å²) in [4.78, 5) is 16.2. The first-order valence-electron chi connectivity index (χ1n) is 5.70. The summed E-state index contributed by atoms with van der Waals surface area (Å²) in [6.07, 6.45) is 3.96. The lowest BCUT2D eigenvalue weighted by Crippen LogP contribution is -2.45. The Hall–Kier alpha value is -1.26. The smallest absolute Gasteiger partial charge is 0.222 e. The van der Waals surface area contributed by atoms with E-state index in [1.807, 2.05) is 0 Å². The third kappa shape index (κ3) is 3.72. The monoisotopic (exact) mass is 226 g/mol. The van der Waals surface area contributed by atoms with E-state index in [2.05, 4.69) is 10.0 Å². The summed E-state index contributed by atoms with van der Waals surface area (Å²) in [6.45, 7) is 1.15. The van der Waals surface area contributed by atoms with Crippen molar-refractivity contribution >= 4 is 5.91 Å². The predicted octanol–water partition coefficient (Wildman–Crippen LogP) is 1.45. The SMILES string of the molecule is [N-]=[N+]=NCCCC(=O)N1CCCCC1CO. The second kappa shape index (κ2) is 7.09. The number of aliphatic hydroxyl groups excluding tert-OH is 1. The maximum atomic E-state index is 11.8. The highest BCUT2D eigenvalue weighted by Gasteiger charge is 2.25. The molecule has 1 fully saturated rings. The van der Waals surface area contributed by atoms with Gasteiger partial charge in [-0.05, 0) is 31.2 Å². The molecule has 0 saturated carbocycles. The van der Waals surface area contributed by atoms with Crippen molar-refractivity contribution in [2.24, 2.45) is 5.11 Å². The van der Waals surface area contributed by atoms with Gasteiger partial charge < -0.3 is 10.0 Å². The predicted molar refractivity (Wildman–Crippen MR) is 59.7 cm³/mol. The molecule has 1 atom stereocenters. The average Bonchev–Trinajstić information content (AvgIpc) is 2.34. The van der Waals surface area contributed by atoms with Crippen LogP contribution in [0.1, 0.15) is 32.1 Å². The summed E-state index contributed by atoms with van der Waals surface area (Å²) >= 11 is 0. The molecule has 0 bridgehead atoms. The Bertz CT molecular complexity index is 276. The van der Waals surface area contributed by atoms with E-state index in [1.54, 1.807) is 4.90 Å². The Balaban J connectivity index is 2.35. The number of likely N-dealkylation sites (tertiary alicyclic amines) is 1. The molecule has 0 aromatic heterocycles. The maximum Gasteiger partial charge on any atom is 0.222 e. The van der Waals surface area contributed by atoms with Crippen LogP contribution in [-0.2, 0) is 4.79 Å². The Kier molecular flexibility index (Phi) is 5.67. The molecule has 0 spiro atoms. The van der Waals surface area contributed by atoms with Crippen molar-refractivity contribution in [2.45, 2.75) is 38.1 Å². The molecule has 90 valence electrons. The number of hydrogen-bond donors (Lipinski definition) is 1. The average molecular weight is 226 g/mol. The molecule has 1 amide bonds. The minimum Gasteiger partial charge on any atom is -0.394 e. The van der Waals surface area contributed by atoms with Crippen LogP contribution in [0.2, 0.25) is 0 Å². The molecule has 0 aliphatic carbocycles. The highest BCUT2D eigenvalue weighted by Crippen LogP contribution is 2.17. The fourth-order valence-corrected chi connectivity index (χ4v) is 2.01. The highest BCUT2D eigenvalue weighted by molar-refractivity contribution is 5.76. The van der Waals surface area contributed by atoms with Gasteiger partial charge in [-0.1, -0.05) is 5.11 Å². The first-order chi connectivity index (χ1) is 7.79. The number of nitrogens with zero attached hydrogens (tertiary/aromatic N) is 4. The quantitative estimate of drug-likeness (QED) is 0.333. The summed E-state index contributed by atoms with van der Waals surface area (Å²) in [5.74, 6) is 0.0619. The van der Waals surface area contributed by atoms with Crippen LogP contribution in [0.5, 0.6) is 0 Å². The number of azide groups is 1. The lowest BCUT2D eigenvalue weighted by molar-refractivity contribution is -0.136. The highest BCUT2D eigenvalue weighted by atomic mass is 16.3. The van der Waals surface area contributed by atoms with Crippen LogP contribution in [0.4, 0.5) is 0 Å². The molecule has 1 heterocycles. The first-order valence-corrected chi connectivity index (χ1v) is 5.70. The molecular formula is C10H18N4O2. The van der Waals surface area contributed by atoms with Gasteiger partial charge in [0.25, 0.3) is 0 Å². The first kappa shape index (κ1) is 12.8. The molecule has 1 aliphatic rings. The Morgan fingerprint density at radius 2 is 2.38 bits per heavy atom. The molecule has 1 rings (SSSR count). The van der Waals surface area contributed by atoms with Crippen LogP contribution in [0, 0.1) is 0 Å². The minimum atomic E-state index is -0.0132. The molecule has 1 saturated heterocycles. The Labute approximate surface area is 94.9 Å². The van der Waals surface area contributed by atoms with Gasteiger partial charge in [-0.15, -0.1) is 0 Å². The van der Waals surface area contributed by atoms with Crippen LogP contribution in [-0.4, -0.2) is 41.7 Å². The Morgan fingerprint density at radius 3 is 3.06 bits per heavy atom. The largest absolute Gasteiger partial charge is 0.394 e. The number of carbonyl (C=O) groups is 1. The lowest BCUT2D eigenvalue weighted by atomic mass is 10.0. The molecule has 0 aromatic carbocycles. The summed E-state index contributed by atoms with van der Waals surface area (Å²) in [7, 11) is 0. The van der Waals surface area contributed by atoms with Gasteiger partial charge in [0.1, 0.15) is 0 Å². The van der Waals surface area contributed by atoms with Crippen LogP contribution < -0.4 is 0 Å². The van der Waals surface area contributed by atoms with E-state index in [9.17, 15) is 4.79 Å². The van der Waals surface area contributed by atoms with E-state index in [4.69, 9.17) is 10.6 Å². The molecule has 1 aliphatic heterocycles. The fraction of sp³-hybridized carbons (Fsp3) is 0.900. The van der Waals surface area contributed by atoms with E-state index in [1.165, 1.54) is 0 Å². The van der Waals surface area contributed by atoms with E-state index >= 15 is 0 Å². The number of hydrogen-bond acceptors (Lipinski definition) is 3. The standard InChI is InChI=1S/C10H18N4O2/c11-13-12-6-3-5-10(16)14-7-2-1-4-9(14)8-15/h9,15H,1-8H2. The zero-order valence-electron chi connectivity index (χ0n) is 9.38. The normalized spacial score (nSPS) is 20.3. The van der Waals surface area contributed by atoms with Crippen molar-refractivity contribution in [3.63, 3.8) is 0 Å². The van der Waals surface area contributed by atoms with Crippen molar-refractivity contribution in [1.29, 1.82) is 0 Å².